The lowest BCUT2D eigenvalue weighted by Crippen LogP contribution is -2.37. The molecule has 2 aromatic heterocycles. The number of ether oxygens (including phenoxy) is 1. The van der Waals surface area contributed by atoms with E-state index in [0.29, 0.717) is 12.1 Å². The molecule has 1 N–H and O–H groups in total. The first kappa shape index (κ1) is 25.6. The van der Waals surface area contributed by atoms with Crippen molar-refractivity contribution in [2.24, 2.45) is 0 Å². The summed E-state index contributed by atoms with van der Waals surface area (Å²) in [5.41, 5.74) is 2.45. The normalized spacial score (nSPS) is 12.8. The van der Waals surface area contributed by atoms with Crippen molar-refractivity contribution in [1.82, 2.24) is 30.1 Å². The van der Waals surface area contributed by atoms with Crippen LogP contribution in [0.1, 0.15) is 63.5 Å². The van der Waals surface area contributed by atoms with Gasteiger partial charge < -0.3 is 9.72 Å². The molecule has 190 valence electrons. The highest BCUT2D eigenvalue weighted by atomic mass is 16.5. The molecule has 0 saturated carbocycles. The number of benzene rings is 2. The SMILES string of the molecule is CC[C@H](c1nnnn1C(C)(C)CC)N(CCc1ccccc1)Cc1cc2cc(OC)ccc2[nH]c1=O. The number of nitrogens with one attached hydrogen (secondary N) is 1. The largest absolute Gasteiger partial charge is 0.497 e. The third kappa shape index (κ3) is 5.49. The van der Waals surface area contributed by atoms with Gasteiger partial charge in [-0.25, -0.2) is 4.68 Å². The molecular formula is C28H36N6O2. The third-order valence-corrected chi connectivity index (χ3v) is 7.09. The van der Waals surface area contributed by atoms with Crippen LogP contribution in [-0.4, -0.2) is 43.7 Å². The van der Waals surface area contributed by atoms with E-state index in [1.807, 2.05) is 35.0 Å². The Kier molecular flexibility index (Phi) is 7.84. The molecule has 0 unspecified atom stereocenters. The van der Waals surface area contributed by atoms with Crippen LogP contribution in [-0.2, 0) is 18.5 Å². The Morgan fingerprint density at radius 3 is 2.58 bits per heavy atom. The molecule has 2 heterocycles. The molecule has 0 aliphatic heterocycles. The molecule has 36 heavy (non-hydrogen) atoms. The second kappa shape index (κ2) is 11.0. The Morgan fingerprint density at radius 2 is 1.89 bits per heavy atom. The van der Waals surface area contributed by atoms with E-state index < -0.39 is 0 Å². The molecule has 0 amide bonds. The quantitative estimate of drug-likeness (QED) is 0.324. The van der Waals surface area contributed by atoms with Crippen LogP contribution in [0.4, 0.5) is 0 Å². The zero-order valence-corrected chi connectivity index (χ0v) is 21.9. The maximum atomic E-state index is 13.1. The molecule has 0 aliphatic rings. The monoisotopic (exact) mass is 488 g/mol. The average Bonchev–Trinajstić information content (AvgIpc) is 3.39. The number of H-pyrrole nitrogens is 1. The van der Waals surface area contributed by atoms with Gasteiger partial charge >= 0.3 is 0 Å². The summed E-state index contributed by atoms with van der Waals surface area (Å²) in [6.07, 6.45) is 2.57. The topological polar surface area (TPSA) is 88.9 Å². The van der Waals surface area contributed by atoms with Gasteiger partial charge in [-0.3, -0.25) is 9.69 Å². The van der Waals surface area contributed by atoms with E-state index in [1.54, 1.807) is 7.11 Å². The fourth-order valence-electron chi connectivity index (χ4n) is 4.54. The zero-order chi connectivity index (χ0) is 25.7. The summed E-state index contributed by atoms with van der Waals surface area (Å²) in [4.78, 5) is 18.5. The fourth-order valence-corrected chi connectivity index (χ4v) is 4.54. The first-order chi connectivity index (χ1) is 17.4. The Hall–Kier alpha value is -3.52. The van der Waals surface area contributed by atoms with Crippen LogP contribution in [0.3, 0.4) is 0 Å². The van der Waals surface area contributed by atoms with Gasteiger partial charge in [0.05, 0.1) is 18.7 Å². The van der Waals surface area contributed by atoms with E-state index in [2.05, 4.69) is 77.4 Å². The Labute approximate surface area is 212 Å². The van der Waals surface area contributed by atoms with E-state index in [-0.39, 0.29) is 17.1 Å². The van der Waals surface area contributed by atoms with Gasteiger partial charge in [-0.2, -0.15) is 0 Å². The molecule has 8 nitrogen and oxygen atoms in total. The first-order valence-corrected chi connectivity index (χ1v) is 12.6. The number of aromatic nitrogens is 5. The van der Waals surface area contributed by atoms with Gasteiger partial charge in [-0.1, -0.05) is 44.2 Å². The van der Waals surface area contributed by atoms with Crippen molar-refractivity contribution >= 4 is 10.9 Å². The average molecular weight is 489 g/mol. The van der Waals surface area contributed by atoms with E-state index in [9.17, 15) is 4.79 Å². The van der Waals surface area contributed by atoms with Crippen LogP contribution in [0.2, 0.25) is 0 Å². The molecule has 4 aromatic rings. The molecule has 8 heteroatoms. The van der Waals surface area contributed by atoms with Gasteiger partial charge in [0.15, 0.2) is 5.82 Å². The summed E-state index contributed by atoms with van der Waals surface area (Å²) in [5.74, 6) is 1.59. The molecule has 4 rings (SSSR count). The Balaban J connectivity index is 1.73. The lowest BCUT2D eigenvalue weighted by molar-refractivity contribution is 0.160. The van der Waals surface area contributed by atoms with Gasteiger partial charge in [0.2, 0.25) is 0 Å². The third-order valence-electron chi connectivity index (χ3n) is 7.09. The lowest BCUT2D eigenvalue weighted by Gasteiger charge is -2.33. The minimum absolute atomic E-state index is 0.0463. The van der Waals surface area contributed by atoms with Crippen LogP contribution >= 0.6 is 0 Å². The number of aromatic amines is 1. The van der Waals surface area contributed by atoms with Crippen molar-refractivity contribution in [2.75, 3.05) is 13.7 Å². The molecule has 0 radical (unpaired) electrons. The molecule has 1 atom stereocenters. The number of hydrogen-bond acceptors (Lipinski definition) is 6. The maximum absolute atomic E-state index is 13.1. The van der Waals surface area contributed by atoms with Crippen LogP contribution in [0, 0.1) is 0 Å². The minimum atomic E-state index is -0.214. The molecule has 0 spiro atoms. The number of fused-ring (bicyclic) bond motifs is 1. The molecule has 0 saturated heterocycles. The van der Waals surface area contributed by atoms with Gasteiger partial charge in [-0.05, 0) is 73.4 Å². The second-order valence-corrected chi connectivity index (χ2v) is 9.82. The predicted octanol–water partition coefficient (Wildman–Crippen LogP) is 4.86. The van der Waals surface area contributed by atoms with E-state index in [4.69, 9.17) is 4.74 Å². The Morgan fingerprint density at radius 1 is 1.11 bits per heavy atom. The summed E-state index contributed by atoms with van der Waals surface area (Å²) >= 11 is 0. The zero-order valence-electron chi connectivity index (χ0n) is 21.9. The number of methoxy groups -OCH3 is 1. The van der Waals surface area contributed by atoms with Crippen LogP contribution in [0.25, 0.3) is 10.9 Å². The lowest BCUT2D eigenvalue weighted by atomic mass is 10.0. The minimum Gasteiger partial charge on any atom is -0.497 e. The highest BCUT2D eigenvalue weighted by Gasteiger charge is 2.31. The number of tetrazole rings is 1. The van der Waals surface area contributed by atoms with Crippen molar-refractivity contribution in [2.45, 2.75) is 65.1 Å². The number of pyridine rings is 1. The van der Waals surface area contributed by atoms with Crippen LogP contribution in [0.5, 0.6) is 5.75 Å². The number of rotatable bonds is 11. The molecular weight excluding hydrogens is 452 g/mol. The van der Waals surface area contributed by atoms with E-state index in [0.717, 1.165) is 48.3 Å². The molecule has 0 fully saturated rings. The summed E-state index contributed by atoms with van der Waals surface area (Å²) in [5, 5.41) is 13.8. The fraction of sp³-hybridized carbons (Fsp3) is 0.429. The number of nitrogens with zero attached hydrogens (tertiary/aromatic N) is 5. The first-order valence-electron chi connectivity index (χ1n) is 12.6. The van der Waals surface area contributed by atoms with E-state index >= 15 is 0 Å². The van der Waals surface area contributed by atoms with Crippen molar-refractivity contribution < 1.29 is 4.74 Å². The standard InChI is InChI=1S/C28H36N6O2/c1-6-25(26-30-31-32-34(26)28(3,4)7-2)33(16-15-20-11-9-8-10-12-20)19-22-17-21-18-23(36-5)13-14-24(21)29-27(22)35/h8-14,17-18,25H,6-7,15-16,19H2,1-5H3,(H,29,35)/t25-/m1/s1. The van der Waals surface area contributed by atoms with Crippen molar-refractivity contribution in [3.05, 3.63) is 81.9 Å². The van der Waals surface area contributed by atoms with Crippen molar-refractivity contribution in [1.29, 1.82) is 0 Å². The van der Waals surface area contributed by atoms with E-state index in [1.165, 1.54) is 5.56 Å². The smallest absolute Gasteiger partial charge is 0.252 e. The highest BCUT2D eigenvalue weighted by Crippen LogP contribution is 2.29. The molecule has 0 aliphatic carbocycles. The maximum Gasteiger partial charge on any atom is 0.252 e. The van der Waals surface area contributed by atoms with Gasteiger partial charge in [0, 0.05) is 29.6 Å². The highest BCUT2D eigenvalue weighted by molar-refractivity contribution is 5.80. The molecule has 2 aromatic carbocycles. The second-order valence-electron chi connectivity index (χ2n) is 9.82. The van der Waals surface area contributed by atoms with Crippen molar-refractivity contribution in [3.8, 4) is 5.75 Å². The summed E-state index contributed by atoms with van der Waals surface area (Å²) < 4.78 is 7.34. The van der Waals surface area contributed by atoms with Gasteiger partial charge in [0.25, 0.3) is 5.56 Å². The van der Waals surface area contributed by atoms with Crippen molar-refractivity contribution in [3.63, 3.8) is 0 Å². The Bertz CT molecular complexity index is 1350. The summed E-state index contributed by atoms with van der Waals surface area (Å²) in [6, 6.07) is 18.0. The number of hydrogen-bond donors (Lipinski definition) is 1. The van der Waals surface area contributed by atoms with Gasteiger partial charge in [-0.15, -0.1) is 5.10 Å². The van der Waals surface area contributed by atoms with Crippen LogP contribution in [0.15, 0.2) is 59.4 Å². The van der Waals surface area contributed by atoms with Gasteiger partial charge in [0.1, 0.15) is 5.75 Å². The summed E-state index contributed by atoms with van der Waals surface area (Å²) in [7, 11) is 1.65. The summed E-state index contributed by atoms with van der Waals surface area (Å²) in [6.45, 7) is 9.82. The van der Waals surface area contributed by atoms with Crippen LogP contribution < -0.4 is 10.3 Å². The molecule has 0 bridgehead atoms. The predicted molar refractivity (Wildman–Crippen MR) is 142 cm³/mol.